The molecule has 1 aromatic heterocycles. The number of halogens is 5. The molecule has 0 saturated carbocycles. The first-order chi connectivity index (χ1) is 13.5. The highest BCUT2D eigenvalue weighted by Gasteiger charge is 2.40. The third-order valence-electron chi connectivity index (χ3n) is 5.45. The first kappa shape index (κ1) is 20.7. The van der Waals surface area contributed by atoms with E-state index in [2.05, 4.69) is 4.98 Å². The molecule has 154 valence electrons. The number of rotatable bonds is 3. The predicted molar refractivity (Wildman–Crippen MR) is 114 cm³/mol. The number of fused-ring (bicyclic) bond motifs is 3. The summed E-state index contributed by atoms with van der Waals surface area (Å²) in [4.78, 5) is 5.03. The van der Waals surface area contributed by atoms with Gasteiger partial charge in [-0.1, -0.05) is 0 Å². The molecule has 0 fully saturated rings. The number of aromatic amines is 1. The van der Waals surface area contributed by atoms with Crippen molar-refractivity contribution in [3.05, 3.63) is 68.2 Å². The average molecular weight is 516 g/mol. The van der Waals surface area contributed by atoms with Gasteiger partial charge in [-0.2, -0.15) is 0 Å². The van der Waals surface area contributed by atoms with Crippen LogP contribution in [0.5, 0.6) is 0 Å². The van der Waals surface area contributed by atoms with Crippen molar-refractivity contribution in [2.45, 2.75) is 44.9 Å². The number of alkyl halides is 1. The van der Waals surface area contributed by atoms with Gasteiger partial charge >= 0.3 is 0 Å². The maximum atomic E-state index is 15.0. The number of H-pyrrole nitrogens is 1. The lowest BCUT2D eigenvalue weighted by Crippen LogP contribution is -2.48. The number of benzene rings is 2. The minimum atomic E-state index is -1.56. The molecule has 7 heteroatoms. The second-order valence-electron chi connectivity index (χ2n) is 8.34. The van der Waals surface area contributed by atoms with Gasteiger partial charge in [0.1, 0.15) is 23.1 Å². The Morgan fingerprint density at radius 1 is 1.14 bits per heavy atom. The molecule has 0 bridgehead atoms. The molecule has 2 nitrogen and oxygen atoms in total. The monoisotopic (exact) mass is 516 g/mol. The molecule has 0 saturated heterocycles. The van der Waals surface area contributed by atoms with Crippen molar-refractivity contribution in [3.63, 3.8) is 0 Å². The zero-order valence-electron chi connectivity index (χ0n) is 16.3. The molecule has 1 N–H and O–H groups in total. The van der Waals surface area contributed by atoms with E-state index in [1.54, 1.807) is 11.0 Å². The molecule has 2 heterocycles. The van der Waals surface area contributed by atoms with Crippen LogP contribution in [-0.4, -0.2) is 28.1 Å². The van der Waals surface area contributed by atoms with Crippen molar-refractivity contribution < 1.29 is 17.6 Å². The van der Waals surface area contributed by atoms with Crippen molar-refractivity contribution in [2.24, 2.45) is 0 Å². The zero-order valence-corrected chi connectivity index (χ0v) is 18.5. The van der Waals surface area contributed by atoms with Crippen molar-refractivity contribution >= 4 is 33.5 Å². The lowest BCUT2D eigenvalue weighted by Gasteiger charge is -2.43. The predicted octanol–water partition coefficient (Wildman–Crippen LogP) is 6.27. The van der Waals surface area contributed by atoms with Gasteiger partial charge in [-0.25, -0.2) is 17.6 Å². The molecule has 0 radical (unpaired) electrons. The lowest BCUT2D eigenvalue weighted by atomic mass is 9.87. The number of aromatic nitrogens is 1. The Kier molecular flexibility index (Phi) is 5.17. The van der Waals surface area contributed by atoms with Crippen LogP contribution in [0.2, 0.25) is 0 Å². The number of hydrogen-bond acceptors (Lipinski definition) is 1. The van der Waals surface area contributed by atoms with Gasteiger partial charge in [0.15, 0.2) is 0 Å². The second-order valence-corrected chi connectivity index (χ2v) is 9.58. The Bertz CT molecular complexity index is 1060. The maximum Gasteiger partial charge on any atom is 0.132 e. The van der Waals surface area contributed by atoms with Crippen LogP contribution in [0.3, 0.4) is 0 Å². The van der Waals surface area contributed by atoms with E-state index in [0.29, 0.717) is 26.6 Å². The fraction of sp³-hybridized carbons (Fsp3) is 0.364. The Morgan fingerprint density at radius 3 is 2.41 bits per heavy atom. The lowest BCUT2D eigenvalue weighted by molar-refractivity contribution is 0.0642. The normalized spacial score (nSPS) is 20.3. The van der Waals surface area contributed by atoms with Crippen molar-refractivity contribution in [2.75, 3.05) is 6.54 Å². The summed E-state index contributed by atoms with van der Waals surface area (Å²) in [5.41, 5.74) is 0.433. The zero-order chi connectivity index (χ0) is 21.1. The van der Waals surface area contributed by atoms with Crippen molar-refractivity contribution in [3.8, 4) is 0 Å². The summed E-state index contributed by atoms with van der Waals surface area (Å²) in [6.45, 7) is 4.82. The fourth-order valence-electron chi connectivity index (χ4n) is 4.33. The van der Waals surface area contributed by atoms with Crippen LogP contribution in [0.25, 0.3) is 10.9 Å². The molecule has 0 aliphatic carbocycles. The van der Waals surface area contributed by atoms with Crippen molar-refractivity contribution in [1.82, 2.24) is 9.88 Å². The molecule has 1 aliphatic rings. The van der Waals surface area contributed by atoms with E-state index in [9.17, 15) is 8.78 Å². The van der Waals surface area contributed by atoms with Gasteiger partial charge in [0.2, 0.25) is 0 Å². The van der Waals surface area contributed by atoms with Crippen molar-refractivity contribution in [1.29, 1.82) is 0 Å². The molecule has 0 amide bonds. The highest BCUT2D eigenvalue weighted by Crippen LogP contribution is 2.43. The van der Waals surface area contributed by atoms with Gasteiger partial charge in [-0.15, -0.1) is 0 Å². The molecule has 2 atom stereocenters. The largest absolute Gasteiger partial charge is 0.357 e. The van der Waals surface area contributed by atoms with E-state index in [1.165, 1.54) is 38.1 Å². The van der Waals surface area contributed by atoms with Gasteiger partial charge in [0.25, 0.3) is 0 Å². The minimum Gasteiger partial charge on any atom is -0.357 e. The molecular weight excluding hydrogens is 495 g/mol. The summed E-state index contributed by atoms with van der Waals surface area (Å²) in [7, 11) is 0. The molecular formula is C22H21F4IN2. The van der Waals surface area contributed by atoms with E-state index in [0.717, 1.165) is 5.56 Å². The first-order valence-corrected chi connectivity index (χ1v) is 10.5. The van der Waals surface area contributed by atoms with Crippen LogP contribution in [0, 0.1) is 21.0 Å². The summed E-state index contributed by atoms with van der Waals surface area (Å²) < 4.78 is 59.0. The maximum absolute atomic E-state index is 15.0. The van der Waals surface area contributed by atoms with E-state index in [4.69, 9.17) is 0 Å². The summed E-state index contributed by atoms with van der Waals surface area (Å²) in [5, 5.41) is 0.697. The highest BCUT2D eigenvalue weighted by molar-refractivity contribution is 14.1. The Morgan fingerprint density at radius 2 is 1.79 bits per heavy atom. The van der Waals surface area contributed by atoms with Gasteiger partial charge in [0, 0.05) is 38.3 Å². The third kappa shape index (κ3) is 3.79. The molecule has 29 heavy (non-hydrogen) atoms. The van der Waals surface area contributed by atoms with Gasteiger partial charge in [-0.05, 0) is 85.7 Å². The molecule has 3 aromatic rings. The quantitative estimate of drug-likeness (QED) is 0.321. The highest BCUT2D eigenvalue weighted by atomic mass is 127. The smallest absolute Gasteiger partial charge is 0.132 e. The van der Waals surface area contributed by atoms with E-state index in [1.807, 2.05) is 29.5 Å². The summed E-state index contributed by atoms with van der Waals surface area (Å²) in [6, 6.07) is 5.92. The van der Waals surface area contributed by atoms with Crippen LogP contribution in [0.4, 0.5) is 17.6 Å². The Balaban J connectivity index is 1.99. The van der Waals surface area contributed by atoms with Crippen LogP contribution in [-0.2, 0) is 6.42 Å². The van der Waals surface area contributed by atoms with Crippen LogP contribution in [0.1, 0.15) is 43.6 Å². The average Bonchev–Trinajstić information content (AvgIpc) is 2.93. The standard InChI is InChI=1S/C22H21F4IN2/c1-11-6-15-14-7-12(23)4-5-18(14)28-20(15)21(29(11)10-22(2,3)26)19-16(24)8-13(27)9-17(19)25/h4-5,7-9,11,21,28H,6,10H2,1-3H3. The van der Waals surface area contributed by atoms with Gasteiger partial charge < -0.3 is 4.98 Å². The number of hydrogen-bond donors (Lipinski definition) is 1. The molecule has 2 unspecified atom stereocenters. The minimum absolute atomic E-state index is 0.00681. The second kappa shape index (κ2) is 7.27. The Labute approximate surface area is 180 Å². The summed E-state index contributed by atoms with van der Waals surface area (Å²) >= 11 is 1.86. The number of nitrogens with one attached hydrogen (secondary N) is 1. The molecule has 2 aromatic carbocycles. The first-order valence-electron chi connectivity index (χ1n) is 9.44. The van der Waals surface area contributed by atoms with Gasteiger partial charge in [-0.3, -0.25) is 4.90 Å². The molecule has 1 aliphatic heterocycles. The van der Waals surface area contributed by atoms with Crippen LogP contribution in [0.15, 0.2) is 30.3 Å². The summed E-state index contributed by atoms with van der Waals surface area (Å²) in [5.74, 6) is -1.72. The van der Waals surface area contributed by atoms with E-state index >= 15 is 8.78 Å². The molecule has 4 rings (SSSR count). The van der Waals surface area contributed by atoms with Crippen LogP contribution >= 0.6 is 22.6 Å². The topological polar surface area (TPSA) is 19.0 Å². The Hall–Kier alpha value is -1.61. The fourth-order valence-corrected chi connectivity index (χ4v) is 4.88. The SMILES string of the molecule is CC1Cc2c([nH]c3ccc(F)cc23)C(c2c(F)cc(I)cc2F)N1CC(C)(C)F. The van der Waals surface area contributed by atoms with E-state index in [-0.39, 0.29) is 24.0 Å². The van der Waals surface area contributed by atoms with Gasteiger partial charge in [0.05, 0.1) is 6.04 Å². The number of nitrogens with zero attached hydrogens (tertiary/aromatic N) is 1. The molecule has 0 spiro atoms. The summed E-state index contributed by atoms with van der Waals surface area (Å²) in [6.07, 6.45) is 0.527. The van der Waals surface area contributed by atoms with Crippen LogP contribution < -0.4 is 0 Å². The third-order valence-corrected chi connectivity index (χ3v) is 6.07. The van der Waals surface area contributed by atoms with E-state index < -0.39 is 23.3 Å².